The Morgan fingerprint density at radius 3 is 2.77 bits per heavy atom. The number of nitrogens with one attached hydrogen (secondary N) is 2. The van der Waals surface area contributed by atoms with Gasteiger partial charge in [-0.15, -0.1) is 0 Å². The van der Waals surface area contributed by atoms with Crippen LogP contribution in [0, 0.1) is 6.92 Å². The maximum atomic E-state index is 11.6. The number of nitrogens with zero attached hydrogens (tertiary/aromatic N) is 5. The molecule has 1 aliphatic heterocycles. The molecule has 0 spiro atoms. The van der Waals surface area contributed by atoms with Gasteiger partial charge in [0, 0.05) is 63.3 Å². The molecule has 0 aromatic carbocycles. The lowest BCUT2D eigenvalue weighted by atomic mass is 10.2. The Hall–Kier alpha value is -3.33. The molecule has 2 N–H and O–H groups in total. The third-order valence-electron chi connectivity index (χ3n) is 5.13. The van der Waals surface area contributed by atoms with Gasteiger partial charge in [-0.05, 0) is 32.0 Å². The van der Waals surface area contributed by atoms with E-state index in [0.29, 0.717) is 12.4 Å². The van der Waals surface area contributed by atoms with E-state index in [2.05, 4.69) is 31.6 Å². The Morgan fingerprint density at radius 1 is 1.23 bits per heavy atom. The first-order valence-corrected chi connectivity index (χ1v) is 10.2. The van der Waals surface area contributed by atoms with Gasteiger partial charge in [-0.25, -0.2) is 14.5 Å². The van der Waals surface area contributed by atoms with Crippen LogP contribution in [0.4, 0.5) is 16.4 Å². The van der Waals surface area contributed by atoms with Crippen LogP contribution in [-0.2, 0) is 6.54 Å². The summed E-state index contributed by atoms with van der Waals surface area (Å²) in [5, 5.41) is 9.62. The molecule has 158 valence electrons. The monoisotopic (exact) mass is 409 g/mol. The van der Waals surface area contributed by atoms with Crippen LogP contribution in [0.5, 0.6) is 0 Å². The Morgan fingerprint density at radius 2 is 2.07 bits per heavy atom. The molecular weight excluding hydrogens is 382 g/mol. The second-order valence-corrected chi connectivity index (χ2v) is 7.29. The average molecular weight is 409 g/mol. The molecule has 30 heavy (non-hydrogen) atoms. The van der Waals surface area contributed by atoms with E-state index in [1.54, 1.807) is 17.1 Å². The summed E-state index contributed by atoms with van der Waals surface area (Å²) >= 11 is 0. The summed E-state index contributed by atoms with van der Waals surface area (Å²) < 4.78 is 7.22. The first-order valence-electron chi connectivity index (χ1n) is 10.2. The molecule has 0 aliphatic carbocycles. The maximum Gasteiger partial charge on any atom is 0.321 e. The minimum Gasteiger partial charge on any atom is -0.448 e. The summed E-state index contributed by atoms with van der Waals surface area (Å²) in [5.41, 5.74) is 3.23. The Labute approximate surface area is 175 Å². The summed E-state index contributed by atoms with van der Waals surface area (Å²) in [7, 11) is 0. The van der Waals surface area contributed by atoms with Gasteiger partial charge in [-0.2, -0.15) is 5.10 Å². The Bertz CT molecular complexity index is 975. The topological polar surface area (TPSA) is 91.5 Å². The number of furan rings is 1. The summed E-state index contributed by atoms with van der Waals surface area (Å²) in [6.45, 7) is 9.06. The molecule has 1 fully saturated rings. The quantitative estimate of drug-likeness (QED) is 0.650. The smallest absolute Gasteiger partial charge is 0.321 e. The van der Waals surface area contributed by atoms with Crippen molar-refractivity contribution in [1.82, 2.24) is 25.0 Å². The number of carbonyl (C=O) groups is 1. The molecule has 4 rings (SSSR count). The van der Waals surface area contributed by atoms with Crippen molar-refractivity contribution in [1.29, 1.82) is 0 Å². The lowest BCUT2D eigenvalue weighted by Gasteiger charge is -2.36. The predicted octanol–water partition coefficient (Wildman–Crippen LogP) is 2.63. The van der Waals surface area contributed by atoms with Gasteiger partial charge in [0.15, 0.2) is 5.82 Å². The van der Waals surface area contributed by atoms with E-state index in [4.69, 9.17) is 9.40 Å². The van der Waals surface area contributed by atoms with Crippen LogP contribution >= 0.6 is 0 Å². The number of hydrogen-bond donors (Lipinski definition) is 2. The van der Waals surface area contributed by atoms with Crippen LogP contribution in [0.1, 0.15) is 18.2 Å². The van der Waals surface area contributed by atoms with Crippen molar-refractivity contribution < 1.29 is 9.21 Å². The zero-order chi connectivity index (χ0) is 20.9. The lowest BCUT2D eigenvalue weighted by Crippen LogP contribution is -2.46. The fourth-order valence-corrected chi connectivity index (χ4v) is 3.65. The van der Waals surface area contributed by atoms with Crippen molar-refractivity contribution in [3.63, 3.8) is 0 Å². The number of amides is 2. The van der Waals surface area contributed by atoms with Crippen LogP contribution < -0.4 is 15.5 Å². The van der Waals surface area contributed by atoms with Gasteiger partial charge in [-0.3, -0.25) is 10.2 Å². The maximum absolute atomic E-state index is 11.6. The SMILES string of the molecule is CCNC(=O)Nc1cc(CN2CCN(c3ccc(-n4cccn4)nc3C)CC2)co1. The molecule has 9 nitrogen and oxygen atoms in total. The molecule has 0 atom stereocenters. The molecule has 2 amide bonds. The fourth-order valence-electron chi connectivity index (χ4n) is 3.65. The van der Waals surface area contributed by atoms with E-state index >= 15 is 0 Å². The number of aryl methyl sites for hydroxylation is 1. The van der Waals surface area contributed by atoms with E-state index in [1.165, 1.54) is 5.69 Å². The fraction of sp³-hybridized carbons (Fsp3) is 0.381. The van der Waals surface area contributed by atoms with Crippen LogP contribution in [0.2, 0.25) is 0 Å². The van der Waals surface area contributed by atoms with Crippen LogP contribution in [0.25, 0.3) is 5.82 Å². The van der Waals surface area contributed by atoms with Crippen molar-refractivity contribution in [2.24, 2.45) is 0 Å². The molecular formula is C21H27N7O2. The molecule has 4 heterocycles. The van der Waals surface area contributed by atoms with E-state index in [9.17, 15) is 4.79 Å². The van der Waals surface area contributed by atoms with Gasteiger partial charge in [0.05, 0.1) is 17.6 Å². The molecule has 3 aromatic heterocycles. The summed E-state index contributed by atoms with van der Waals surface area (Å²) in [4.78, 5) is 21.1. The summed E-state index contributed by atoms with van der Waals surface area (Å²) in [6.07, 6.45) is 5.35. The number of pyridine rings is 1. The highest BCUT2D eigenvalue weighted by Gasteiger charge is 2.20. The van der Waals surface area contributed by atoms with Gasteiger partial charge in [0.1, 0.15) is 0 Å². The summed E-state index contributed by atoms with van der Waals surface area (Å²) in [5.74, 6) is 1.30. The van der Waals surface area contributed by atoms with Crippen molar-refractivity contribution in [2.75, 3.05) is 42.9 Å². The van der Waals surface area contributed by atoms with E-state index in [-0.39, 0.29) is 6.03 Å². The van der Waals surface area contributed by atoms with Crippen LogP contribution in [0.3, 0.4) is 0 Å². The Kier molecular flexibility index (Phi) is 5.99. The number of urea groups is 1. The van der Waals surface area contributed by atoms with Gasteiger partial charge < -0.3 is 14.6 Å². The van der Waals surface area contributed by atoms with Crippen LogP contribution in [0.15, 0.2) is 47.3 Å². The standard InChI is InChI=1S/C21H27N7O2/c1-3-22-21(29)25-20-13-17(15-30-20)14-26-9-11-27(12-10-26)18-5-6-19(24-16(18)2)28-8-4-7-23-28/h4-8,13,15H,3,9-12,14H2,1-2H3,(H2,22,25,29). The second-order valence-electron chi connectivity index (χ2n) is 7.29. The highest BCUT2D eigenvalue weighted by Crippen LogP contribution is 2.22. The third-order valence-corrected chi connectivity index (χ3v) is 5.13. The van der Waals surface area contributed by atoms with Crippen molar-refractivity contribution in [3.05, 3.63) is 54.2 Å². The normalized spacial score (nSPS) is 14.7. The van der Waals surface area contributed by atoms with Gasteiger partial charge in [-0.1, -0.05) is 0 Å². The average Bonchev–Trinajstić information content (AvgIpc) is 3.41. The highest BCUT2D eigenvalue weighted by molar-refractivity contribution is 5.87. The van der Waals surface area contributed by atoms with Gasteiger partial charge >= 0.3 is 6.03 Å². The molecule has 1 aliphatic rings. The van der Waals surface area contributed by atoms with E-state index in [0.717, 1.165) is 49.8 Å². The molecule has 1 saturated heterocycles. The number of piperazine rings is 1. The van der Waals surface area contributed by atoms with Gasteiger partial charge in [0.25, 0.3) is 0 Å². The van der Waals surface area contributed by atoms with E-state index < -0.39 is 0 Å². The van der Waals surface area contributed by atoms with Crippen molar-refractivity contribution >= 4 is 17.6 Å². The molecule has 0 bridgehead atoms. The van der Waals surface area contributed by atoms with Crippen molar-refractivity contribution in [2.45, 2.75) is 20.4 Å². The molecule has 0 saturated carbocycles. The third kappa shape index (κ3) is 4.62. The minimum absolute atomic E-state index is 0.255. The number of hydrogen-bond acceptors (Lipinski definition) is 6. The molecule has 9 heteroatoms. The second kappa shape index (κ2) is 9.00. The lowest BCUT2D eigenvalue weighted by molar-refractivity contribution is 0.249. The largest absolute Gasteiger partial charge is 0.448 e. The van der Waals surface area contributed by atoms with Crippen molar-refractivity contribution in [3.8, 4) is 5.82 Å². The molecule has 0 unspecified atom stereocenters. The minimum atomic E-state index is -0.255. The zero-order valence-electron chi connectivity index (χ0n) is 17.3. The first-order chi connectivity index (χ1) is 14.6. The number of anilines is 2. The number of rotatable bonds is 6. The molecule has 0 radical (unpaired) electrons. The number of aromatic nitrogens is 3. The van der Waals surface area contributed by atoms with Gasteiger partial charge in [0.2, 0.25) is 5.88 Å². The van der Waals surface area contributed by atoms with Crippen LogP contribution in [-0.4, -0.2) is 58.4 Å². The Balaban J connectivity index is 1.31. The molecule has 3 aromatic rings. The summed E-state index contributed by atoms with van der Waals surface area (Å²) in [6, 6.07) is 7.66. The van der Waals surface area contributed by atoms with E-state index in [1.807, 2.05) is 38.2 Å². The predicted molar refractivity (Wildman–Crippen MR) is 115 cm³/mol. The first kappa shape index (κ1) is 20.0. The highest BCUT2D eigenvalue weighted by atomic mass is 16.3. The number of carbonyl (C=O) groups excluding carboxylic acids is 1. The zero-order valence-corrected chi connectivity index (χ0v) is 17.3.